The summed E-state index contributed by atoms with van der Waals surface area (Å²) in [6, 6.07) is 24.8. The van der Waals surface area contributed by atoms with Gasteiger partial charge in [0.1, 0.15) is 0 Å². The summed E-state index contributed by atoms with van der Waals surface area (Å²) in [5, 5.41) is 5.53. The van der Waals surface area contributed by atoms with Gasteiger partial charge in [-0.25, -0.2) is 0 Å². The molecule has 0 unspecified atom stereocenters. The van der Waals surface area contributed by atoms with Crippen LogP contribution in [0.1, 0.15) is 24.1 Å². The molecule has 0 bridgehead atoms. The van der Waals surface area contributed by atoms with Gasteiger partial charge >= 0.3 is 0 Å². The molecule has 0 spiro atoms. The van der Waals surface area contributed by atoms with Gasteiger partial charge in [-0.2, -0.15) is 0 Å². The third-order valence-electron chi connectivity index (χ3n) is 4.36. The van der Waals surface area contributed by atoms with Crippen molar-refractivity contribution in [2.75, 3.05) is 13.6 Å². The van der Waals surface area contributed by atoms with Crippen molar-refractivity contribution in [3.8, 4) is 0 Å². The van der Waals surface area contributed by atoms with Crippen LogP contribution < -0.4 is 5.32 Å². The number of benzene rings is 3. The van der Waals surface area contributed by atoms with E-state index in [1.807, 2.05) is 61.3 Å². The number of carbonyl (C=O) groups is 1. The fraction of sp³-hybridized carbons (Fsp3) is 0.227. The molecular weight excluding hydrogens is 308 g/mol. The van der Waals surface area contributed by atoms with Crippen molar-refractivity contribution in [3.05, 3.63) is 83.9 Å². The molecule has 0 saturated carbocycles. The van der Waals surface area contributed by atoms with Crippen molar-refractivity contribution in [1.82, 2.24) is 10.2 Å². The molecule has 3 aromatic rings. The summed E-state index contributed by atoms with van der Waals surface area (Å²) in [6.07, 6.45) is 0. The Labute approximate surface area is 149 Å². The molecule has 0 aliphatic heterocycles. The lowest BCUT2D eigenvalue weighted by Crippen LogP contribution is -2.36. The number of rotatable bonds is 6. The quantitative estimate of drug-likeness (QED) is 0.735. The summed E-state index contributed by atoms with van der Waals surface area (Å²) in [4.78, 5) is 14.3. The maximum Gasteiger partial charge on any atom is 0.234 e. The molecule has 0 fully saturated rings. The molecule has 0 aromatic heterocycles. The Kier molecular flexibility index (Phi) is 5.46. The molecule has 3 aromatic carbocycles. The van der Waals surface area contributed by atoms with Gasteiger partial charge in [0.2, 0.25) is 5.91 Å². The number of hydrogen-bond donors (Lipinski definition) is 1. The second-order valence-corrected chi connectivity index (χ2v) is 6.55. The van der Waals surface area contributed by atoms with E-state index in [1.165, 1.54) is 16.3 Å². The Morgan fingerprint density at radius 1 is 0.960 bits per heavy atom. The maximum absolute atomic E-state index is 12.3. The van der Waals surface area contributed by atoms with Crippen molar-refractivity contribution in [2.45, 2.75) is 19.5 Å². The molecule has 1 amide bonds. The standard InChI is InChI=1S/C22H24N2O/c1-17(19-8-4-3-5-9-19)23-22(25)16-24(2)15-18-12-13-20-10-6-7-11-21(20)14-18/h3-14,17H,15-16H2,1-2H3,(H,23,25)/t17-/m1/s1. The van der Waals surface area contributed by atoms with E-state index in [2.05, 4.69) is 35.6 Å². The molecule has 128 valence electrons. The van der Waals surface area contributed by atoms with Crippen LogP contribution in [-0.2, 0) is 11.3 Å². The zero-order valence-corrected chi connectivity index (χ0v) is 14.8. The van der Waals surface area contributed by atoms with Gasteiger partial charge in [0.05, 0.1) is 12.6 Å². The molecule has 25 heavy (non-hydrogen) atoms. The van der Waals surface area contributed by atoms with E-state index in [9.17, 15) is 4.79 Å². The predicted octanol–water partition coefficient (Wildman–Crippen LogP) is 4.15. The summed E-state index contributed by atoms with van der Waals surface area (Å²) in [5.74, 6) is 0.0413. The summed E-state index contributed by atoms with van der Waals surface area (Å²) in [6.45, 7) is 3.14. The fourth-order valence-corrected chi connectivity index (χ4v) is 3.06. The first-order valence-electron chi connectivity index (χ1n) is 8.62. The summed E-state index contributed by atoms with van der Waals surface area (Å²) in [5.41, 5.74) is 2.33. The highest BCUT2D eigenvalue weighted by molar-refractivity contribution is 5.83. The lowest BCUT2D eigenvalue weighted by molar-refractivity contribution is -0.122. The van der Waals surface area contributed by atoms with Crippen molar-refractivity contribution in [2.24, 2.45) is 0 Å². The SMILES string of the molecule is C[C@@H](NC(=O)CN(C)Cc1ccc2ccccc2c1)c1ccccc1. The fourth-order valence-electron chi connectivity index (χ4n) is 3.06. The van der Waals surface area contributed by atoms with Crippen molar-refractivity contribution in [1.29, 1.82) is 0 Å². The zero-order valence-electron chi connectivity index (χ0n) is 14.8. The first-order chi connectivity index (χ1) is 12.1. The molecule has 3 rings (SSSR count). The molecule has 0 heterocycles. The highest BCUT2D eigenvalue weighted by atomic mass is 16.2. The highest BCUT2D eigenvalue weighted by Gasteiger charge is 2.11. The molecule has 1 atom stereocenters. The number of amides is 1. The number of nitrogens with zero attached hydrogens (tertiary/aromatic N) is 1. The van der Waals surface area contributed by atoms with E-state index >= 15 is 0 Å². The lowest BCUT2D eigenvalue weighted by atomic mass is 10.1. The van der Waals surface area contributed by atoms with Gasteiger partial charge in [-0.1, -0.05) is 66.7 Å². The minimum atomic E-state index is 0.0165. The molecule has 0 radical (unpaired) electrons. The van der Waals surface area contributed by atoms with Crippen LogP contribution in [0.25, 0.3) is 10.8 Å². The Balaban J connectivity index is 1.55. The summed E-state index contributed by atoms with van der Waals surface area (Å²) in [7, 11) is 1.97. The molecule has 0 aliphatic rings. The van der Waals surface area contributed by atoms with Crippen LogP contribution in [0, 0.1) is 0 Å². The molecular formula is C22H24N2O. The number of hydrogen-bond acceptors (Lipinski definition) is 2. The van der Waals surface area contributed by atoms with E-state index in [0.29, 0.717) is 6.54 Å². The van der Waals surface area contributed by atoms with Crippen LogP contribution in [0.4, 0.5) is 0 Å². The van der Waals surface area contributed by atoms with Crippen molar-refractivity contribution >= 4 is 16.7 Å². The number of likely N-dealkylation sites (N-methyl/N-ethyl adjacent to an activating group) is 1. The normalized spacial score (nSPS) is 12.3. The molecule has 3 heteroatoms. The Bertz CT molecular complexity index is 845. The first kappa shape index (κ1) is 17.2. The summed E-state index contributed by atoms with van der Waals surface area (Å²) >= 11 is 0. The zero-order chi connectivity index (χ0) is 17.6. The van der Waals surface area contributed by atoms with Crippen molar-refractivity contribution in [3.63, 3.8) is 0 Å². The number of carbonyl (C=O) groups excluding carboxylic acids is 1. The van der Waals surface area contributed by atoms with Gasteiger partial charge in [-0.3, -0.25) is 9.69 Å². The molecule has 3 nitrogen and oxygen atoms in total. The third-order valence-corrected chi connectivity index (χ3v) is 4.36. The number of nitrogens with one attached hydrogen (secondary N) is 1. The number of fused-ring (bicyclic) bond motifs is 1. The van der Waals surface area contributed by atoms with Gasteiger partial charge < -0.3 is 5.32 Å². The second-order valence-electron chi connectivity index (χ2n) is 6.55. The predicted molar refractivity (Wildman–Crippen MR) is 103 cm³/mol. The average Bonchev–Trinajstić information content (AvgIpc) is 2.62. The monoisotopic (exact) mass is 332 g/mol. The van der Waals surface area contributed by atoms with E-state index in [-0.39, 0.29) is 11.9 Å². The van der Waals surface area contributed by atoms with Crippen LogP contribution in [-0.4, -0.2) is 24.4 Å². The summed E-state index contributed by atoms with van der Waals surface area (Å²) < 4.78 is 0. The van der Waals surface area contributed by atoms with Crippen molar-refractivity contribution < 1.29 is 4.79 Å². The van der Waals surface area contributed by atoms with Gasteiger partial charge in [-0.05, 0) is 41.9 Å². The van der Waals surface area contributed by atoms with E-state index < -0.39 is 0 Å². The van der Waals surface area contributed by atoms with Crippen LogP contribution in [0.5, 0.6) is 0 Å². The lowest BCUT2D eigenvalue weighted by Gasteiger charge is -2.19. The topological polar surface area (TPSA) is 32.3 Å². The second kappa shape index (κ2) is 7.95. The first-order valence-corrected chi connectivity index (χ1v) is 8.62. The van der Waals surface area contributed by atoms with Gasteiger partial charge in [-0.15, -0.1) is 0 Å². The van der Waals surface area contributed by atoms with Gasteiger partial charge in [0.25, 0.3) is 0 Å². The Hall–Kier alpha value is -2.65. The van der Waals surface area contributed by atoms with Gasteiger partial charge in [0, 0.05) is 6.54 Å². The van der Waals surface area contributed by atoms with Crippen LogP contribution in [0.15, 0.2) is 72.8 Å². The van der Waals surface area contributed by atoms with Gasteiger partial charge in [0.15, 0.2) is 0 Å². The average molecular weight is 332 g/mol. The highest BCUT2D eigenvalue weighted by Crippen LogP contribution is 2.16. The van der Waals surface area contributed by atoms with E-state index in [1.54, 1.807) is 0 Å². The smallest absolute Gasteiger partial charge is 0.234 e. The van der Waals surface area contributed by atoms with E-state index in [4.69, 9.17) is 0 Å². The Morgan fingerprint density at radius 3 is 2.40 bits per heavy atom. The maximum atomic E-state index is 12.3. The third kappa shape index (κ3) is 4.68. The Morgan fingerprint density at radius 2 is 1.64 bits per heavy atom. The largest absolute Gasteiger partial charge is 0.348 e. The van der Waals surface area contributed by atoms with Crippen LogP contribution >= 0.6 is 0 Å². The minimum Gasteiger partial charge on any atom is -0.348 e. The van der Waals surface area contributed by atoms with Crippen LogP contribution in [0.3, 0.4) is 0 Å². The molecule has 1 N–H and O–H groups in total. The minimum absolute atomic E-state index is 0.0165. The van der Waals surface area contributed by atoms with E-state index in [0.717, 1.165) is 12.1 Å². The van der Waals surface area contributed by atoms with Crippen LogP contribution in [0.2, 0.25) is 0 Å². The molecule has 0 aliphatic carbocycles. The molecule has 0 saturated heterocycles.